The van der Waals surface area contributed by atoms with Crippen molar-refractivity contribution in [3.05, 3.63) is 68.4 Å². The number of hydrogen-bond acceptors (Lipinski definition) is 6. The van der Waals surface area contributed by atoms with E-state index in [1.165, 1.54) is 48.2 Å². The van der Waals surface area contributed by atoms with Gasteiger partial charge in [0.15, 0.2) is 6.10 Å². The van der Waals surface area contributed by atoms with Gasteiger partial charge >= 0.3 is 5.97 Å². The van der Waals surface area contributed by atoms with Crippen molar-refractivity contribution >= 4 is 35.0 Å². The number of amides is 1. The summed E-state index contributed by atoms with van der Waals surface area (Å²) in [6.45, 7) is 1.97. The van der Waals surface area contributed by atoms with Crippen LogP contribution in [-0.4, -0.2) is 29.4 Å². The molecule has 0 aliphatic heterocycles. The number of hydrogen-bond donors (Lipinski definition) is 1. The molecule has 0 aliphatic rings. The van der Waals surface area contributed by atoms with Crippen molar-refractivity contribution in [1.82, 2.24) is 5.32 Å². The van der Waals surface area contributed by atoms with Crippen LogP contribution in [0.4, 0.5) is 5.69 Å². The van der Waals surface area contributed by atoms with E-state index in [4.69, 9.17) is 4.74 Å². The Morgan fingerprint density at radius 1 is 1.31 bits per heavy atom. The lowest BCUT2D eigenvalue weighted by Gasteiger charge is -2.12. The van der Waals surface area contributed by atoms with Crippen LogP contribution in [0.5, 0.6) is 0 Å². The molecule has 0 bridgehead atoms. The molecule has 2 aromatic rings. The zero-order valence-corrected chi connectivity index (χ0v) is 14.9. The van der Waals surface area contributed by atoms with Gasteiger partial charge in [-0.25, -0.2) is 4.79 Å². The van der Waals surface area contributed by atoms with Gasteiger partial charge in [0.2, 0.25) is 0 Å². The van der Waals surface area contributed by atoms with Crippen LogP contribution in [0.3, 0.4) is 0 Å². The summed E-state index contributed by atoms with van der Waals surface area (Å²) in [5, 5.41) is 15.3. The number of esters is 1. The molecule has 1 aromatic carbocycles. The van der Waals surface area contributed by atoms with E-state index in [1.54, 1.807) is 11.3 Å². The predicted octanol–water partition coefficient (Wildman–Crippen LogP) is 2.96. The SMILES string of the molecule is C[C@H](OC(=O)/C=C/c1ccc([N+](=O)[O-])cc1)C(=O)NCCc1cccs1. The normalized spacial score (nSPS) is 11.9. The molecule has 26 heavy (non-hydrogen) atoms. The molecule has 1 amide bonds. The minimum Gasteiger partial charge on any atom is -0.449 e. The molecule has 1 heterocycles. The van der Waals surface area contributed by atoms with E-state index < -0.39 is 17.0 Å². The maximum Gasteiger partial charge on any atom is 0.331 e. The second-order valence-electron chi connectivity index (χ2n) is 5.38. The summed E-state index contributed by atoms with van der Waals surface area (Å²) in [4.78, 5) is 34.9. The Labute approximate surface area is 154 Å². The van der Waals surface area contributed by atoms with Crippen LogP contribution >= 0.6 is 11.3 Å². The number of nitro benzene ring substituents is 1. The standard InChI is InChI=1S/C18H18N2O5S/c1-13(18(22)19-11-10-16-3-2-12-26-16)25-17(21)9-6-14-4-7-15(8-5-14)20(23)24/h2-9,12-13H,10-11H2,1H3,(H,19,22)/b9-6+/t13-/m0/s1. The lowest BCUT2D eigenvalue weighted by atomic mass is 10.2. The number of non-ortho nitro benzene ring substituents is 1. The van der Waals surface area contributed by atoms with Gasteiger partial charge in [-0.15, -0.1) is 11.3 Å². The van der Waals surface area contributed by atoms with Crippen LogP contribution < -0.4 is 5.32 Å². The molecule has 0 fully saturated rings. The molecule has 0 aliphatic carbocycles. The van der Waals surface area contributed by atoms with Crippen molar-refractivity contribution in [2.24, 2.45) is 0 Å². The largest absolute Gasteiger partial charge is 0.449 e. The lowest BCUT2D eigenvalue weighted by Crippen LogP contribution is -2.36. The second kappa shape index (κ2) is 9.47. The van der Waals surface area contributed by atoms with Gasteiger partial charge in [0, 0.05) is 29.6 Å². The summed E-state index contributed by atoms with van der Waals surface area (Å²) in [7, 11) is 0. The summed E-state index contributed by atoms with van der Waals surface area (Å²) >= 11 is 1.62. The number of rotatable bonds is 8. The van der Waals surface area contributed by atoms with Gasteiger partial charge in [0.1, 0.15) is 0 Å². The molecule has 2 rings (SSSR count). The Kier molecular flexibility index (Phi) is 7.04. The molecule has 7 nitrogen and oxygen atoms in total. The minimum atomic E-state index is -0.910. The molecule has 136 valence electrons. The Bertz CT molecular complexity index is 784. The average molecular weight is 374 g/mol. The fourth-order valence-electron chi connectivity index (χ4n) is 2.05. The fraction of sp³-hybridized carbons (Fsp3) is 0.222. The molecule has 0 spiro atoms. The molecule has 1 N–H and O–H groups in total. The predicted molar refractivity (Wildman–Crippen MR) is 98.7 cm³/mol. The van der Waals surface area contributed by atoms with Gasteiger partial charge in [-0.1, -0.05) is 6.07 Å². The van der Waals surface area contributed by atoms with Gasteiger partial charge in [-0.3, -0.25) is 14.9 Å². The topological polar surface area (TPSA) is 98.5 Å². The highest BCUT2D eigenvalue weighted by molar-refractivity contribution is 7.09. The molecule has 0 radical (unpaired) electrons. The van der Waals surface area contributed by atoms with Crippen LogP contribution in [0.2, 0.25) is 0 Å². The first-order valence-corrected chi connectivity index (χ1v) is 8.77. The van der Waals surface area contributed by atoms with E-state index in [0.29, 0.717) is 12.1 Å². The molecule has 0 saturated carbocycles. The van der Waals surface area contributed by atoms with E-state index in [1.807, 2.05) is 17.5 Å². The number of carbonyl (C=O) groups excluding carboxylic acids is 2. The van der Waals surface area contributed by atoms with Gasteiger partial charge in [0.05, 0.1) is 4.92 Å². The maximum absolute atomic E-state index is 11.9. The van der Waals surface area contributed by atoms with E-state index in [-0.39, 0.29) is 11.6 Å². The molecular formula is C18H18N2O5S. The number of nitrogens with zero attached hydrogens (tertiary/aromatic N) is 1. The zero-order chi connectivity index (χ0) is 18.9. The molecule has 0 unspecified atom stereocenters. The van der Waals surface area contributed by atoms with Crippen molar-refractivity contribution in [2.45, 2.75) is 19.4 Å². The summed E-state index contributed by atoms with van der Waals surface area (Å²) in [6, 6.07) is 9.65. The maximum atomic E-state index is 11.9. The van der Waals surface area contributed by atoms with Crippen LogP contribution in [0.25, 0.3) is 6.08 Å². The third-order valence-corrected chi connectivity index (χ3v) is 4.36. The molecule has 1 aromatic heterocycles. The quantitative estimate of drug-likeness (QED) is 0.331. The fourth-order valence-corrected chi connectivity index (χ4v) is 2.75. The van der Waals surface area contributed by atoms with E-state index in [9.17, 15) is 19.7 Å². The Morgan fingerprint density at radius 2 is 2.04 bits per heavy atom. The van der Waals surface area contributed by atoms with E-state index >= 15 is 0 Å². The minimum absolute atomic E-state index is 0.0300. The highest BCUT2D eigenvalue weighted by Gasteiger charge is 2.15. The second-order valence-corrected chi connectivity index (χ2v) is 6.41. The summed E-state index contributed by atoms with van der Waals surface area (Å²) < 4.78 is 5.04. The highest BCUT2D eigenvalue weighted by atomic mass is 32.1. The number of nitro groups is 1. The summed E-state index contributed by atoms with van der Waals surface area (Å²) in [5.41, 5.74) is 0.582. The van der Waals surface area contributed by atoms with Crippen LogP contribution in [-0.2, 0) is 20.7 Å². The Hall–Kier alpha value is -3.00. The van der Waals surface area contributed by atoms with Crippen molar-refractivity contribution < 1.29 is 19.2 Å². The third kappa shape index (κ3) is 6.14. The number of carbonyl (C=O) groups is 2. The van der Waals surface area contributed by atoms with Crippen molar-refractivity contribution in [2.75, 3.05) is 6.54 Å². The van der Waals surface area contributed by atoms with Crippen LogP contribution in [0.1, 0.15) is 17.4 Å². The van der Waals surface area contributed by atoms with E-state index in [2.05, 4.69) is 5.32 Å². The molecule has 0 saturated heterocycles. The lowest BCUT2D eigenvalue weighted by molar-refractivity contribution is -0.384. The number of ether oxygens (including phenoxy) is 1. The van der Waals surface area contributed by atoms with E-state index in [0.717, 1.165) is 6.42 Å². The Balaban J connectivity index is 1.76. The van der Waals surface area contributed by atoms with Gasteiger partial charge < -0.3 is 10.1 Å². The first kappa shape index (κ1) is 19.3. The van der Waals surface area contributed by atoms with Crippen LogP contribution in [0.15, 0.2) is 47.9 Å². The molecule has 8 heteroatoms. The van der Waals surface area contributed by atoms with Gasteiger partial charge in [-0.2, -0.15) is 0 Å². The van der Waals surface area contributed by atoms with Crippen molar-refractivity contribution in [3.63, 3.8) is 0 Å². The molecular weight excluding hydrogens is 356 g/mol. The Morgan fingerprint density at radius 3 is 2.65 bits per heavy atom. The zero-order valence-electron chi connectivity index (χ0n) is 14.1. The number of nitrogens with one attached hydrogen (secondary N) is 1. The third-order valence-electron chi connectivity index (χ3n) is 3.43. The molecule has 1 atom stereocenters. The smallest absolute Gasteiger partial charge is 0.331 e. The number of thiophene rings is 1. The first-order valence-electron chi connectivity index (χ1n) is 7.89. The van der Waals surface area contributed by atoms with Crippen molar-refractivity contribution in [3.8, 4) is 0 Å². The average Bonchev–Trinajstić information content (AvgIpc) is 3.13. The first-order chi connectivity index (χ1) is 12.5. The van der Waals surface area contributed by atoms with Crippen molar-refractivity contribution in [1.29, 1.82) is 0 Å². The highest BCUT2D eigenvalue weighted by Crippen LogP contribution is 2.13. The summed E-state index contributed by atoms with van der Waals surface area (Å²) in [5.74, 6) is -1.03. The van der Waals surface area contributed by atoms with Gasteiger partial charge in [-0.05, 0) is 48.6 Å². The number of benzene rings is 1. The summed E-state index contributed by atoms with van der Waals surface area (Å²) in [6.07, 6.45) is 2.46. The van der Waals surface area contributed by atoms with Crippen LogP contribution in [0, 0.1) is 10.1 Å². The van der Waals surface area contributed by atoms with Gasteiger partial charge in [0.25, 0.3) is 11.6 Å². The monoisotopic (exact) mass is 374 g/mol.